The van der Waals surface area contributed by atoms with Crippen LogP contribution in [0.4, 0.5) is 5.69 Å². The van der Waals surface area contributed by atoms with Gasteiger partial charge in [-0.3, -0.25) is 9.10 Å². The van der Waals surface area contributed by atoms with Crippen molar-refractivity contribution in [3.63, 3.8) is 0 Å². The Hall–Kier alpha value is -3.03. The van der Waals surface area contributed by atoms with E-state index in [4.69, 9.17) is 16.3 Å². The third-order valence-corrected chi connectivity index (χ3v) is 7.04. The average molecular weight is 459 g/mol. The van der Waals surface area contributed by atoms with E-state index in [0.29, 0.717) is 11.4 Å². The highest BCUT2D eigenvalue weighted by molar-refractivity contribution is 7.92. The van der Waals surface area contributed by atoms with Crippen molar-refractivity contribution >= 4 is 33.2 Å². The van der Waals surface area contributed by atoms with Gasteiger partial charge in [0.05, 0.1) is 34.3 Å². The van der Waals surface area contributed by atoms with E-state index in [-0.39, 0.29) is 21.5 Å². The van der Waals surface area contributed by atoms with Crippen LogP contribution in [-0.4, -0.2) is 28.5 Å². The topological polar surface area (TPSA) is 75.7 Å². The maximum atomic E-state index is 13.1. The molecule has 6 nitrogen and oxygen atoms in total. The quantitative estimate of drug-likeness (QED) is 0.558. The highest BCUT2D eigenvalue weighted by Crippen LogP contribution is 2.27. The van der Waals surface area contributed by atoms with Gasteiger partial charge in [0.1, 0.15) is 5.75 Å². The number of nitrogens with one attached hydrogen (secondary N) is 1. The number of carbonyl (C=O) groups excluding carboxylic acids is 1. The van der Waals surface area contributed by atoms with Crippen LogP contribution >= 0.6 is 11.6 Å². The van der Waals surface area contributed by atoms with Crippen molar-refractivity contribution < 1.29 is 17.9 Å². The molecule has 0 saturated carbocycles. The summed E-state index contributed by atoms with van der Waals surface area (Å²) >= 11 is 6.22. The van der Waals surface area contributed by atoms with Crippen LogP contribution in [0.2, 0.25) is 5.02 Å². The van der Waals surface area contributed by atoms with E-state index >= 15 is 0 Å². The van der Waals surface area contributed by atoms with Crippen molar-refractivity contribution in [2.45, 2.75) is 17.9 Å². The zero-order valence-corrected chi connectivity index (χ0v) is 18.9. The van der Waals surface area contributed by atoms with Crippen LogP contribution in [0.25, 0.3) is 0 Å². The van der Waals surface area contributed by atoms with Gasteiger partial charge in [0, 0.05) is 7.05 Å². The highest BCUT2D eigenvalue weighted by Gasteiger charge is 2.24. The van der Waals surface area contributed by atoms with Crippen LogP contribution in [0.5, 0.6) is 5.75 Å². The van der Waals surface area contributed by atoms with Gasteiger partial charge in [-0.2, -0.15) is 0 Å². The minimum Gasteiger partial charge on any atom is -0.497 e. The third kappa shape index (κ3) is 5.00. The van der Waals surface area contributed by atoms with Gasteiger partial charge >= 0.3 is 0 Å². The first kappa shape index (κ1) is 22.7. The van der Waals surface area contributed by atoms with Crippen LogP contribution in [0.15, 0.2) is 77.7 Å². The number of halogens is 1. The number of carbonyl (C=O) groups is 1. The fourth-order valence-corrected chi connectivity index (χ4v) is 4.45. The molecule has 3 rings (SSSR count). The molecular weight excluding hydrogens is 436 g/mol. The van der Waals surface area contributed by atoms with E-state index in [2.05, 4.69) is 5.32 Å². The molecule has 0 aromatic heterocycles. The number of sulfonamides is 1. The van der Waals surface area contributed by atoms with Gasteiger partial charge in [-0.15, -0.1) is 0 Å². The summed E-state index contributed by atoms with van der Waals surface area (Å²) in [6.45, 7) is 1.85. The van der Waals surface area contributed by atoms with Crippen LogP contribution in [0.3, 0.4) is 0 Å². The molecule has 0 spiro atoms. The van der Waals surface area contributed by atoms with Gasteiger partial charge in [0.15, 0.2) is 0 Å². The summed E-state index contributed by atoms with van der Waals surface area (Å²) in [5.74, 6) is 0.165. The van der Waals surface area contributed by atoms with Gasteiger partial charge in [0.25, 0.3) is 15.9 Å². The normalized spacial score (nSPS) is 12.1. The van der Waals surface area contributed by atoms with Crippen LogP contribution in [0.1, 0.15) is 28.9 Å². The Morgan fingerprint density at radius 3 is 2.29 bits per heavy atom. The van der Waals surface area contributed by atoms with E-state index in [9.17, 15) is 13.2 Å². The molecular formula is C23H23ClN2O4S. The fraction of sp³-hybridized carbons (Fsp3) is 0.174. The first-order chi connectivity index (χ1) is 14.7. The fourth-order valence-electron chi connectivity index (χ4n) is 3.03. The van der Waals surface area contributed by atoms with E-state index in [0.717, 1.165) is 9.87 Å². The second kappa shape index (κ2) is 9.41. The molecule has 31 heavy (non-hydrogen) atoms. The summed E-state index contributed by atoms with van der Waals surface area (Å²) in [7, 11) is -0.928. The molecule has 1 atom stereocenters. The lowest BCUT2D eigenvalue weighted by molar-refractivity contribution is 0.0940. The summed E-state index contributed by atoms with van der Waals surface area (Å²) < 4.78 is 32.5. The van der Waals surface area contributed by atoms with Crippen LogP contribution < -0.4 is 14.4 Å². The summed E-state index contributed by atoms with van der Waals surface area (Å²) in [5, 5.41) is 3.03. The SMILES string of the molecule is COc1ccc(N(C)S(=O)(=O)c2ccc(Cl)c(C(=O)NC(C)c3ccccc3)c2)cc1. The molecule has 8 heteroatoms. The number of benzene rings is 3. The number of nitrogens with zero attached hydrogens (tertiary/aromatic N) is 1. The minimum absolute atomic E-state index is 0.0345. The van der Waals surface area contributed by atoms with E-state index in [1.54, 1.807) is 24.3 Å². The Bertz CT molecular complexity index is 1170. The average Bonchev–Trinajstić information content (AvgIpc) is 2.79. The zero-order chi connectivity index (χ0) is 22.6. The molecule has 0 saturated heterocycles. The predicted octanol–water partition coefficient (Wildman–Crippen LogP) is 4.66. The molecule has 3 aromatic carbocycles. The largest absolute Gasteiger partial charge is 0.497 e. The summed E-state index contributed by atoms with van der Waals surface area (Å²) in [6.07, 6.45) is 0. The Balaban J connectivity index is 1.87. The van der Waals surface area contributed by atoms with E-state index in [1.165, 1.54) is 32.4 Å². The van der Waals surface area contributed by atoms with Gasteiger partial charge in [-0.25, -0.2) is 8.42 Å². The first-order valence-corrected chi connectivity index (χ1v) is 11.3. The Morgan fingerprint density at radius 2 is 1.68 bits per heavy atom. The highest BCUT2D eigenvalue weighted by atomic mass is 35.5. The first-order valence-electron chi connectivity index (χ1n) is 9.52. The van der Waals surface area contributed by atoms with Crippen molar-refractivity contribution in [2.75, 3.05) is 18.5 Å². The number of ether oxygens (including phenoxy) is 1. The molecule has 0 aliphatic rings. The monoisotopic (exact) mass is 458 g/mol. The number of anilines is 1. The summed E-state index contributed by atoms with van der Waals surface area (Å²) in [4.78, 5) is 12.8. The molecule has 0 heterocycles. The van der Waals surface area contributed by atoms with Crippen LogP contribution in [-0.2, 0) is 10.0 Å². The number of methoxy groups -OCH3 is 1. The smallest absolute Gasteiger partial charge is 0.264 e. The Labute approximate surface area is 187 Å². The molecule has 0 bridgehead atoms. The predicted molar refractivity (Wildman–Crippen MR) is 122 cm³/mol. The number of hydrogen-bond donors (Lipinski definition) is 1. The molecule has 162 valence electrons. The summed E-state index contributed by atoms with van der Waals surface area (Å²) in [6, 6.07) is 19.9. The maximum absolute atomic E-state index is 13.1. The van der Waals surface area contributed by atoms with Crippen molar-refractivity contribution in [3.05, 3.63) is 88.9 Å². The number of hydrogen-bond acceptors (Lipinski definition) is 4. The molecule has 0 fully saturated rings. The van der Waals surface area contributed by atoms with Crippen molar-refractivity contribution in [1.82, 2.24) is 5.32 Å². The molecule has 1 N–H and O–H groups in total. The maximum Gasteiger partial charge on any atom is 0.264 e. The molecule has 3 aromatic rings. The van der Waals surface area contributed by atoms with Gasteiger partial charge in [0.2, 0.25) is 0 Å². The van der Waals surface area contributed by atoms with E-state index in [1.807, 2.05) is 37.3 Å². The molecule has 0 radical (unpaired) electrons. The molecule has 1 unspecified atom stereocenters. The van der Waals surface area contributed by atoms with E-state index < -0.39 is 15.9 Å². The van der Waals surface area contributed by atoms with Crippen LogP contribution in [0, 0.1) is 0 Å². The van der Waals surface area contributed by atoms with Gasteiger partial charge < -0.3 is 10.1 Å². The van der Waals surface area contributed by atoms with Crippen molar-refractivity contribution in [2.24, 2.45) is 0 Å². The molecule has 0 aliphatic carbocycles. The van der Waals surface area contributed by atoms with Crippen molar-refractivity contribution in [1.29, 1.82) is 0 Å². The second-order valence-corrected chi connectivity index (χ2v) is 9.29. The third-order valence-electron chi connectivity index (χ3n) is 4.92. The number of rotatable bonds is 7. The zero-order valence-electron chi connectivity index (χ0n) is 17.4. The van der Waals surface area contributed by atoms with Crippen molar-refractivity contribution in [3.8, 4) is 5.75 Å². The molecule has 1 amide bonds. The van der Waals surface area contributed by atoms with Gasteiger partial charge in [-0.1, -0.05) is 41.9 Å². The lowest BCUT2D eigenvalue weighted by atomic mass is 10.1. The molecule has 0 aliphatic heterocycles. The summed E-state index contributed by atoms with van der Waals surface area (Å²) in [5.41, 5.74) is 1.48. The Kier molecular flexibility index (Phi) is 6.87. The lowest BCUT2D eigenvalue weighted by Crippen LogP contribution is -2.29. The standard InChI is InChI=1S/C23H23ClN2O4S/c1-16(17-7-5-4-6-8-17)25-23(27)21-15-20(13-14-22(21)24)31(28,29)26(2)18-9-11-19(30-3)12-10-18/h4-16H,1-3H3,(H,25,27). The Morgan fingerprint density at radius 1 is 1.03 bits per heavy atom. The number of amides is 1. The van der Waals surface area contributed by atoms with Gasteiger partial charge in [-0.05, 0) is 55.0 Å². The second-order valence-electron chi connectivity index (χ2n) is 6.92. The lowest BCUT2D eigenvalue weighted by Gasteiger charge is -2.20. The minimum atomic E-state index is -3.91.